The molecule has 9 heteroatoms. The molecule has 2 aromatic carbocycles. The van der Waals surface area contributed by atoms with E-state index in [0.717, 1.165) is 20.5 Å². The lowest BCUT2D eigenvalue weighted by atomic mass is 10.1. The van der Waals surface area contributed by atoms with Crippen LogP contribution >= 0.6 is 39.1 Å². The Kier molecular flexibility index (Phi) is 5.75. The van der Waals surface area contributed by atoms with Gasteiger partial charge in [0, 0.05) is 15.1 Å². The average molecular weight is 520 g/mol. The first-order valence-corrected chi connectivity index (χ1v) is 10.5. The van der Waals surface area contributed by atoms with Crippen molar-refractivity contribution in [3.8, 4) is 11.3 Å². The minimum absolute atomic E-state index is 0.0919. The molecule has 0 radical (unpaired) electrons. The van der Waals surface area contributed by atoms with E-state index in [9.17, 15) is 14.4 Å². The van der Waals surface area contributed by atoms with Gasteiger partial charge in [-0.15, -0.1) is 0 Å². The van der Waals surface area contributed by atoms with E-state index in [0.29, 0.717) is 10.8 Å². The van der Waals surface area contributed by atoms with Crippen molar-refractivity contribution in [2.45, 2.75) is 6.92 Å². The minimum atomic E-state index is -0.903. The molecule has 0 atom stereocenters. The van der Waals surface area contributed by atoms with Gasteiger partial charge in [0.05, 0.1) is 10.7 Å². The molecule has 0 saturated carbocycles. The molecule has 1 aromatic heterocycles. The quantitative estimate of drug-likeness (QED) is 0.340. The zero-order valence-electron chi connectivity index (χ0n) is 15.9. The van der Waals surface area contributed by atoms with Crippen molar-refractivity contribution in [3.63, 3.8) is 0 Å². The maximum absolute atomic E-state index is 13.0. The van der Waals surface area contributed by atoms with Crippen LogP contribution < -0.4 is 10.2 Å². The van der Waals surface area contributed by atoms with Crippen LogP contribution in [0.15, 0.2) is 63.0 Å². The summed E-state index contributed by atoms with van der Waals surface area (Å²) in [6.45, 7) is 1.97. The lowest BCUT2D eigenvalue weighted by molar-refractivity contribution is -0.122. The molecule has 31 heavy (non-hydrogen) atoms. The third-order valence-electron chi connectivity index (χ3n) is 4.56. The summed E-state index contributed by atoms with van der Waals surface area (Å²) >= 11 is 15.5. The molecule has 1 fully saturated rings. The van der Waals surface area contributed by atoms with Gasteiger partial charge >= 0.3 is 6.03 Å². The molecule has 4 rings (SSSR count). The number of imide groups is 2. The molecule has 0 spiro atoms. The van der Waals surface area contributed by atoms with E-state index in [1.807, 2.05) is 25.1 Å². The van der Waals surface area contributed by atoms with E-state index in [-0.39, 0.29) is 22.0 Å². The topological polar surface area (TPSA) is 79.6 Å². The molecule has 156 valence electrons. The Labute approximate surface area is 195 Å². The van der Waals surface area contributed by atoms with Crippen molar-refractivity contribution in [1.29, 1.82) is 0 Å². The number of amides is 4. The van der Waals surface area contributed by atoms with Crippen LogP contribution in [0.1, 0.15) is 11.3 Å². The van der Waals surface area contributed by atoms with Gasteiger partial charge in [-0.25, -0.2) is 9.69 Å². The highest BCUT2D eigenvalue weighted by Crippen LogP contribution is 2.33. The van der Waals surface area contributed by atoms with Gasteiger partial charge in [0.25, 0.3) is 11.8 Å². The Morgan fingerprint density at radius 2 is 1.81 bits per heavy atom. The van der Waals surface area contributed by atoms with Gasteiger partial charge in [-0.05, 0) is 61.0 Å². The number of benzene rings is 2. The van der Waals surface area contributed by atoms with Crippen molar-refractivity contribution < 1.29 is 18.8 Å². The molecule has 0 aliphatic carbocycles. The number of barbiturate groups is 1. The number of urea groups is 1. The van der Waals surface area contributed by atoms with Crippen LogP contribution in [-0.2, 0) is 9.59 Å². The number of nitrogens with zero attached hydrogens (tertiary/aromatic N) is 1. The predicted molar refractivity (Wildman–Crippen MR) is 122 cm³/mol. The molecule has 1 aliphatic heterocycles. The largest absolute Gasteiger partial charge is 0.457 e. The summed E-state index contributed by atoms with van der Waals surface area (Å²) in [6.07, 6.45) is 1.28. The Balaban J connectivity index is 1.70. The van der Waals surface area contributed by atoms with Crippen LogP contribution in [-0.4, -0.2) is 17.8 Å². The van der Waals surface area contributed by atoms with Gasteiger partial charge in [-0.3, -0.25) is 14.9 Å². The summed E-state index contributed by atoms with van der Waals surface area (Å²) in [6, 6.07) is 12.6. The summed E-state index contributed by atoms with van der Waals surface area (Å²) < 4.78 is 6.66. The van der Waals surface area contributed by atoms with Gasteiger partial charge in [0.2, 0.25) is 0 Å². The SMILES string of the molecule is Cc1ccc(-c2ccc(/C=C3\C(=O)NC(=O)N(c4ccc(Cl)cc4Cl)C3=O)o2)c(Br)c1. The van der Waals surface area contributed by atoms with Crippen LogP contribution in [0.25, 0.3) is 17.4 Å². The first-order chi connectivity index (χ1) is 14.7. The van der Waals surface area contributed by atoms with E-state index < -0.39 is 17.8 Å². The number of carbonyl (C=O) groups excluding carboxylic acids is 3. The molecule has 0 unspecified atom stereocenters. The second-order valence-corrected chi connectivity index (χ2v) is 8.44. The van der Waals surface area contributed by atoms with Crippen molar-refractivity contribution >= 4 is 68.7 Å². The molecule has 0 bridgehead atoms. The predicted octanol–water partition coefficient (Wildman–Crippen LogP) is 5.99. The highest BCUT2D eigenvalue weighted by atomic mass is 79.9. The van der Waals surface area contributed by atoms with E-state index in [1.165, 1.54) is 24.3 Å². The highest BCUT2D eigenvalue weighted by Gasteiger charge is 2.38. The maximum Gasteiger partial charge on any atom is 0.335 e. The van der Waals surface area contributed by atoms with Crippen molar-refractivity contribution in [2.75, 3.05) is 4.90 Å². The first-order valence-electron chi connectivity index (χ1n) is 8.97. The maximum atomic E-state index is 13.0. The van der Waals surface area contributed by atoms with Crippen molar-refractivity contribution in [1.82, 2.24) is 5.32 Å². The fraction of sp³-hybridized carbons (Fsp3) is 0.0455. The number of furan rings is 1. The number of hydrogen-bond acceptors (Lipinski definition) is 4. The van der Waals surface area contributed by atoms with Gasteiger partial charge in [0.1, 0.15) is 17.1 Å². The number of anilines is 1. The fourth-order valence-corrected chi connectivity index (χ4v) is 4.26. The Hall–Kier alpha value is -2.87. The Bertz CT molecular complexity index is 1280. The van der Waals surface area contributed by atoms with Gasteiger partial charge in [-0.2, -0.15) is 0 Å². The molecular formula is C22H13BrCl2N2O4. The van der Waals surface area contributed by atoms with Gasteiger partial charge < -0.3 is 4.42 Å². The summed E-state index contributed by atoms with van der Waals surface area (Å²) in [5, 5.41) is 2.58. The molecule has 4 amide bonds. The number of halogens is 3. The molecule has 1 N–H and O–H groups in total. The molecule has 3 aromatic rings. The fourth-order valence-electron chi connectivity index (χ4n) is 3.08. The highest BCUT2D eigenvalue weighted by molar-refractivity contribution is 9.10. The molecule has 1 aliphatic rings. The Morgan fingerprint density at radius 3 is 2.52 bits per heavy atom. The zero-order chi connectivity index (χ0) is 22.3. The molecule has 2 heterocycles. The standard InChI is InChI=1S/C22H13BrCl2N2O4/c1-11-2-5-14(16(23)8-11)19-7-4-13(31-19)10-15-20(28)26-22(30)27(21(15)29)18-6-3-12(24)9-17(18)25/h2-10H,1H3,(H,26,28,30)/b15-10+. The second-order valence-electron chi connectivity index (χ2n) is 6.74. The molecular weight excluding hydrogens is 507 g/mol. The number of aryl methyl sites for hydroxylation is 1. The van der Waals surface area contributed by atoms with E-state index in [1.54, 1.807) is 12.1 Å². The summed E-state index contributed by atoms with van der Waals surface area (Å²) in [5.41, 5.74) is 1.74. The van der Waals surface area contributed by atoms with E-state index in [2.05, 4.69) is 21.2 Å². The van der Waals surface area contributed by atoms with Crippen LogP contribution in [0.4, 0.5) is 10.5 Å². The molecule has 1 saturated heterocycles. The summed E-state index contributed by atoms with van der Waals surface area (Å²) in [4.78, 5) is 38.5. The van der Waals surface area contributed by atoms with Crippen molar-refractivity contribution in [3.05, 3.63) is 79.9 Å². The lowest BCUT2D eigenvalue weighted by Gasteiger charge is -2.26. The van der Waals surface area contributed by atoms with Gasteiger partial charge in [0.15, 0.2) is 0 Å². The normalized spacial score (nSPS) is 15.5. The van der Waals surface area contributed by atoms with Crippen LogP contribution in [0, 0.1) is 6.92 Å². The lowest BCUT2D eigenvalue weighted by Crippen LogP contribution is -2.54. The number of rotatable bonds is 3. The second kappa shape index (κ2) is 8.34. The van der Waals surface area contributed by atoms with Crippen LogP contribution in [0.5, 0.6) is 0 Å². The number of nitrogens with one attached hydrogen (secondary N) is 1. The number of hydrogen-bond donors (Lipinski definition) is 1. The smallest absolute Gasteiger partial charge is 0.335 e. The van der Waals surface area contributed by atoms with Crippen LogP contribution in [0.3, 0.4) is 0 Å². The Morgan fingerprint density at radius 1 is 1.03 bits per heavy atom. The molecule has 6 nitrogen and oxygen atoms in total. The van der Waals surface area contributed by atoms with E-state index >= 15 is 0 Å². The summed E-state index contributed by atoms with van der Waals surface area (Å²) in [7, 11) is 0. The van der Waals surface area contributed by atoms with E-state index in [4.69, 9.17) is 27.6 Å². The number of carbonyl (C=O) groups is 3. The zero-order valence-corrected chi connectivity index (χ0v) is 19.0. The summed E-state index contributed by atoms with van der Waals surface area (Å²) in [5.74, 6) is -0.827. The monoisotopic (exact) mass is 518 g/mol. The van der Waals surface area contributed by atoms with Crippen LogP contribution in [0.2, 0.25) is 10.0 Å². The van der Waals surface area contributed by atoms with Gasteiger partial charge in [-0.1, -0.05) is 45.2 Å². The third-order valence-corrected chi connectivity index (χ3v) is 5.75. The van der Waals surface area contributed by atoms with Crippen molar-refractivity contribution in [2.24, 2.45) is 0 Å². The minimum Gasteiger partial charge on any atom is -0.457 e. The third kappa shape index (κ3) is 4.17. The average Bonchev–Trinajstić information content (AvgIpc) is 3.15. The first kappa shape index (κ1) is 21.4.